The predicted molar refractivity (Wildman–Crippen MR) is 88.1 cm³/mol. The summed E-state index contributed by atoms with van der Waals surface area (Å²) in [5.74, 6) is 0.0566. The lowest BCUT2D eigenvalue weighted by Crippen LogP contribution is -2.34. The van der Waals surface area contributed by atoms with Crippen LogP contribution in [0, 0.1) is 0 Å². The van der Waals surface area contributed by atoms with Crippen LogP contribution in [0.3, 0.4) is 0 Å². The number of amides is 1. The number of rotatable bonds is 10. The van der Waals surface area contributed by atoms with E-state index in [0.29, 0.717) is 13.1 Å². The summed E-state index contributed by atoms with van der Waals surface area (Å²) in [6.07, 6.45) is 1.04. The Hall–Kier alpha value is -1.39. The van der Waals surface area contributed by atoms with Gasteiger partial charge in [0.05, 0.1) is 6.54 Å². The van der Waals surface area contributed by atoms with Gasteiger partial charge < -0.3 is 10.6 Å². The minimum atomic E-state index is 0.0566. The van der Waals surface area contributed by atoms with Crippen LogP contribution in [0.4, 0.5) is 0 Å². The Morgan fingerprint density at radius 2 is 1.76 bits per heavy atom. The summed E-state index contributed by atoms with van der Waals surface area (Å²) in [5, 5.41) is 6.10. The van der Waals surface area contributed by atoms with Crippen molar-refractivity contribution >= 4 is 5.91 Å². The largest absolute Gasteiger partial charge is 0.351 e. The monoisotopic (exact) mass is 291 g/mol. The highest BCUT2D eigenvalue weighted by Gasteiger charge is 2.07. The molecule has 118 valence electrons. The third-order valence-electron chi connectivity index (χ3n) is 3.60. The molecule has 0 saturated heterocycles. The molecule has 1 amide bonds. The van der Waals surface area contributed by atoms with Gasteiger partial charge in [-0.15, -0.1) is 0 Å². The van der Waals surface area contributed by atoms with Gasteiger partial charge in [0.15, 0.2) is 0 Å². The van der Waals surface area contributed by atoms with Gasteiger partial charge in [-0.3, -0.25) is 9.69 Å². The van der Waals surface area contributed by atoms with Crippen LogP contribution in [0.25, 0.3) is 0 Å². The lowest BCUT2D eigenvalue weighted by atomic mass is 10.1. The second kappa shape index (κ2) is 10.4. The summed E-state index contributed by atoms with van der Waals surface area (Å²) in [4.78, 5) is 14.1. The molecule has 0 aromatic heterocycles. The molecule has 2 N–H and O–H groups in total. The summed E-state index contributed by atoms with van der Waals surface area (Å²) in [5.41, 5.74) is 2.50. The summed E-state index contributed by atoms with van der Waals surface area (Å²) in [6.45, 7) is 11.3. The molecule has 0 aliphatic heterocycles. The van der Waals surface area contributed by atoms with Gasteiger partial charge in [-0.05, 0) is 37.2 Å². The van der Waals surface area contributed by atoms with Gasteiger partial charge in [-0.1, -0.05) is 45.0 Å². The molecule has 0 unspecified atom stereocenters. The zero-order chi connectivity index (χ0) is 15.5. The fourth-order valence-corrected chi connectivity index (χ4v) is 2.21. The van der Waals surface area contributed by atoms with Crippen molar-refractivity contribution in [1.29, 1.82) is 0 Å². The number of hydrogen-bond donors (Lipinski definition) is 2. The van der Waals surface area contributed by atoms with E-state index in [0.717, 1.165) is 32.6 Å². The molecule has 21 heavy (non-hydrogen) atoms. The van der Waals surface area contributed by atoms with Gasteiger partial charge in [0.1, 0.15) is 0 Å². The maximum Gasteiger partial charge on any atom is 0.234 e. The molecule has 1 rings (SSSR count). The van der Waals surface area contributed by atoms with Gasteiger partial charge in [-0.25, -0.2) is 0 Å². The van der Waals surface area contributed by atoms with Gasteiger partial charge >= 0.3 is 0 Å². The molecular weight excluding hydrogens is 262 g/mol. The number of nitrogens with zero attached hydrogens (tertiary/aromatic N) is 1. The minimum absolute atomic E-state index is 0.0566. The molecule has 0 atom stereocenters. The van der Waals surface area contributed by atoms with Crippen molar-refractivity contribution in [3.8, 4) is 0 Å². The van der Waals surface area contributed by atoms with Crippen LogP contribution >= 0.6 is 0 Å². The van der Waals surface area contributed by atoms with E-state index in [1.807, 2.05) is 6.07 Å². The van der Waals surface area contributed by atoms with Gasteiger partial charge in [0.2, 0.25) is 5.91 Å². The first-order chi connectivity index (χ1) is 10.2. The van der Waals surface area contributed by atoms with Crippen LogP contribution < -0.4 is 10.6 Å². The Kier molecular flexibility index (Phi) is 8.71. The van der Waals surface area contributed by atoms with Gasteiger partial charge in [0, 0.05) is 13.1 Å². The smallest absolute Gasteiger partial charge is 0.234 e. The van der Waals surface area contributed by atoms with E-state index in [1.165, 1.54) is 11.1 Å². The predicted octanol–water partition coefficient (Wildman–Crippen LogP) is 2.14. The Bertz CT molecular complexity index is 416. The Balaban J connectivity index is 2.52. The van der Waals surface area contributed by atoms with Gasteiger partial charge in [-0.2, -0.15) is 0 Å². The molecule has 1 aromatic rings. The third kappa shape index (κ3) is 6.74. The lowest BCUT2D eigenvalue weighted by molar-refractivity contribution is -0.120. The molecule has 0 bridgehead atoms. The topological polar surface area (TPSA) is 44.4 Å². The molecule has 0 aliphatic rings. The molecule has 0 spiro atoms. The molecule has 4 nitrogen and oxygen atoms in total. The molecule has 0 radical (unpaired) electrons. The number of carbonyl (C=O) groups excluding carboxylic acids is 1. The van der Waals surface area contributed by atoms with E-state index in [-0.39, 0.29) is 5.91 Å². The Labute approximate surface area is 128 Å². The van der Waals surface area contributed by atoms with Crippen LogP contribution in [-0.4, -0.2) is 37.0 Å². The summed E-state index contributed by atoms with van der Waals surface area (Å²) >= 11 is 0. The molecule has 0 saturated carbocycles. The van der Waals surface area contributed by atoms with E-state index in [9.17, 15) is 4.79 Å². The highest BCUT2D eigenvalue weighted by Crippen LogP contribution is 2.11. The fourth-order valence-electron chi connectivity index (χ4n) is 2.21. The van der Waals surface area contributed by atoms with Crippen LogP contribution in [0.15, 0.2) is 24.3 Å². The average molecular weight is 291 g/mol. The number of hydrogen-bond acceptors (Lipinski definition) is 3. The average Bonchev–Trinajstić information content (AvgIpc) is 2.51. The quantitative estimate of drug-likeness (QED) is 0.649. The maximum absolute atomic E-state index is 11.8. The number of nitrogens with one attached hydrogen (secondary N) is 2. The van der Waals surface area contributed by atoms with E-state index in [4.69, 9.17) is 0 Å². The molecule has 0 aliphatic carbocycles. The van der Waals surface area contributed by atoms with E-state index in [2.05, 4.69) is 54.5 Å². The summed E-state index contributed by atoms with van der Waals surface area (Å²) < 4.78 is 0. The Morgan fingerprint density at radius 1 is 1.10 bits per heavy atom. The molecule has 0 fully saturated rings. The SMILES string of the molecule is CCCNCC(=O)NCc1ccccc1CN(CC)CC. The maximum atomic E-state index is 11.8. The van der Waals surface area contributed by atoms with Crippen LogP contribution in [-0.2, 0) is 17.9 Å². The molecular formula is C17H29N3O. The molecule has 0 heterocycles. The van der Waals surface area contributed by atoms with Crippen molar-refractivity contribution in [3.05, 3.63) is 35.4 Å². The molecule has 1 aromatic carbocycles. The Morgan fingerprint density at radius 3 is 2.38 bits per heavy atom. The van der Waals surface area contributed by atoms with Crippen molar-refractivity contribution in [3.63, 3.8) is 0 Å². The standard InChI is InChI=1S/C17H29N3O/c1-4-11-18-13-17(21)19-12-15-9-7-8-10-16(15)14-20(5-2)6-3/h7-10,18H,4-6,11-14H2,1-3H3,(H,19,21). The highest BCUT2D eigenvalue weighted by molar-refractivity contribution is 5.77. The summed E-state index contributed by atoms with van der Waals surface area (Å²) in [7, 11) is 0. The van der Waals surface area contributed by atoms with Crippen LogP contribution in [0.2, 0.25) is 0 Å². The van der Waals surface area contributed by atoms with Gasteiger partial charge in [0.25, 0.3) is 0 Å². The van der Waals surface area contributed by atoms with E-state index < -0.39 is 0 Å². The summed E-state index contributed by atoms with van der Waals surface area (Å²) in [6, 6.07) is 8.34. The first kappa shape index (κ1) is 17.7. The van der Waals surface area contributed by atoms with Crippen LogP contribution in [0.1, 0.15) is 38.3 Å². The first-order valence-electron chi connectivity index (χ1n) is 7.97. The van der Waals surface area contributed by atoms with Crippen LogP contribution in [0.5, 0.6) is 0 Å². The first-order valence-corrected chi connectivity index (χ1v) is 7.97. The fraction of sp³-hybridized carbons (Fsp3) is 0.588. The van der Waals surface area contributed by atoms with E-state index in [1.54, 1.807) is 0 Å². The normalized spacial score (nSPS) is 10.9. The molecule has 4 heteroatoms. The zero-order valence-electron chi connectivity index (χ0n) is 13.6. The lowest BCUT2D eigenvalue weighted by Gasteiger charge is -2.20. The van der Waals surface area contributed by atoms with E-state index >= 15 is 0 Å². The second-order valence-corrected chi connectivity index (χ2v) is 5.18. The van der Waals surface area contributed by atoms with Crippen molar-refractivity contribution in [2.75, 3.05) is 26.2 Å². The van der Waals surface area contributed by atoms with Crippen molar-refractivity contribution < 1.29 is 4.79 Å². The number of benzene rings is 1. The number of carbonyl (C=O) groups is 1. The second-order valence-electron chi connectivity index (χ2n) is 5.18. The zero-order valence-corrected chi connectivity index (χ0v) is 13.6. The van der Waals surface area contributed by atoms with Crippen molar-refractivity contribution in [1.82, 2.24) is 15.5 Å². The minimum Gasteiger partial charge on any atom is -0.351 e. The highest BCUT2D eigenvalue weighted by atomic mass is 16.1. The van der Waals surface area contributed by atoms with Crippen molar-refractivity contribution in [2.24, 2.45) is 0 Å². The third-order valence-corrected chi connectivity index (χ3v) is 3.60. The van der Waals surface area contributed by atoms with Crippen molar-refractivity contribution in [2.45, 2.75) is 40.3 Å².